The third-order valence-electron chi connectivity index (χ3n) is 2.93. The molecule has 0 aliphatic heterocycles. The first-order chi connectivity index (χ1) is 10.3. The summed E-state index contributed by atoms with van der Waals surface area (Å²) in [6, 6.07) is 4.93. The minimum Gasteiger partial charge on any atom is -0.493 e. The average molecular weight is 330 g/mol. The van der Waals surface area contributed by atoms with Crippen LogP contribution in [0.1, 0.15) is 13.3 Å². The number of rotatable bonds is 8. The molecule has 0 aliphatic carbocycles. The number of nitrogens with one attached hydrogen (secondary N) is 1. The molecule has 1 aromatic carbocycles. The highest BCUT2D eigenvalue weighted by Gasteiger charge is 2.19. The van der Waals surface area contributed by atoms with Gasteiger partial charge in [-0.1, -0.05) is 6.92 Å². The van der Waals surface area contributed by atoms with Gasteiger partial charge in [-0.2, -0.15) is 4.31 Å². The highest BCUT2D eigenvalue weighted by molar-refractivity contribution is 7.88. The average Bonchev–Trinajstić information content (AvgIpc) is 2.45. The number of amides is 1. The molecule has 0 fully saturated rings. The maximum atomic E-state index is 12.0. The summed E-state index contributed by atoms with van der Waals surface area (Å²) in [6.07, 6.45) is 1.73. The molecule has 1 amide bonds. The van der Waals surface area contributed by atoms with Gasteiger partial charge in [0.05, 0.1) is 27.0 Å². The minimum atomic E-state index is -3.41. The van der Waals surface area contributed by atoms with Gasteiger partial charge in [-0.15, -0.1) is 0 Å². The van der Waals surface area contributed by atoms with Crippen LogP contribution in [0.2, 0.25) is 0 Å². The molecular formula is C14H22N2O5S. The SMILES string of the molecule is CCCN(CC(=O)Nc1ccc(OC)c(OC)c1)S(C)(=O)=O. The molecule has 1 N–H and O–H groups in total. The van der Waals surface area contributed by atoms with Crippen LogP contribution in [0, 0.1) is 0 Å². The normalized spacial score (nSPS) is 11.3. The van der Waals surface area contributed by atoms with E-state index in [4.69, 9.17) is 9.47 Å². The zero-order valence-corrected chi connectivity index (χ0v) is 14.1. The Morgan fingerprint density at radius 1 is 1.23 bits per heavy atom. The molecule has 0 unspecified atom stereocenters. The number of hydrogen-bond donors (Lipinski definition) is 1. The Hall–Kier alpha value is -1.80. The van der Waals surface area contributed by atoms with E-state index in [-0.39, 0.29) is 6.54 Å². The van der Waals surface area contributed by atoms with Crippen molar-refractivity contribution in [3.63, 3.8) is 0 Å². The van der Waals surface area contributed by atoms with Crippen molar-refractivity contribution in [3.05, 3.63) is 18.2 Å². The zero-order chi connectivity index (χ0) is 16.8. The number of methoxy groups -OCH3 is 2. The Balaban J connectivity index is 2.80. The lowest BCUT2D eigenvalue weighted by atomic mass is 10.2. The molecule has 0 radical (unpaired) electrons. The molecule has 124 valence electrons. The standard InChI is InChI=1S/C14H22N2O5S/c1-5-8-16(22(4,18)19)10-14(17)15-11-6-7-12(20-2)13(9-11)21-3/h6-7,9H,5,8,10H2,1-4H3,(H,15,17). The highest BCUT2D eigenvalue weighted by atomic mass is 32.2. The number of sulfonamides is 1. The molecule has 1 rings (SSSR count). The van der Waals surface area contributed by atoms with E-state index in [9.17, 15) is 13.2 Å². The number of benzene rings is 1. The number of ether oxygens (including phenoxy) is 2. The lowest BCUT2D eigenvalue weighted by Gasteiger charge is -2.18. The Morgan fingerprint density at radius 3 is 2.36 bits per heavy atom. The van der Waals surface area contributed by atoms with Gasteiger partial charge in [-0.05, 0) is 18.6 Å². The number of carbonyl (C=O) groups is 1. The molecule has 0 aliphatic rings. The second kappa shape index (κ2) is 8.00. The van der Waals surface area contributed by atoms with Gasteiger partial charge in [0.25, 0.3) is 0 Å². The van der Waals surface area contributed by atoms with Crippen molar-refractivity contribution in [2.24, 2.45) is 0 Å². The lowest BCUT2D eigenvalue weighted by Crippen LogP contribution is -2.37. The summed E-state index contributed by atoms with van der Waals surface area (Å²) < 4.78 is 34.6. The monoisotopic (exact) mass is 330 g/mol. The van der Waals surface area contributed by atoms with Crippen LogP contribution in [0.5, 0.6) is 11.5 Å². The number of nitrogens with zero attached hydrogens (tertiary/aromatic N) is 1. The third-order valence-corrected chi connectivity index (χ3v) is 4.18. The van der Waals surface area contributed by atoms with Gasteiger partial charge in [0.15, 0.2) is 11.5 Å². The predicted octanol–water partition coefficient (Wildman–Crippen LogP) is 1.31. The minimum absolute atomic E-state index is 0.221. The van der Waals surface area contributed by atoms with Crippen LogP contribution in [0.4, 0.5) is 5.69 Å². The van der Waals surface area contributed by atoms with Gasteiger partial charge >= 0.3 is 0 Å². The molecule has 0 aromatic heterocycles. The maximum Gasteiger partial charge on any atom is 0.239 e. The summed E-state index contributed by atoms with van der Waals surface area (Å²) in [4.78, 5) is 12.0. The maximum absolute atomic E-state index is 12.0. The summed E-state index contributed by atoms with van der Waals surface area (Å²) in [6.45, 7) is 1.93. The van der Waals surface area contributed by atoms with E-state index < -0.39 is 15.9 Å². The van der Waals surface area contributed by atoms with Gasteiger partial charge in [0.2, 0.25) is 15.9 Å². The first-order valence-corrected chi connectivity index (χ1v) is 8.63. The highest BCUT2D eigenvalue weighted by Crippen LogP contribution is 2.29. The predicted molar refractivity (Wildman–Crippen MR) is 84.9 cm³/mol. The smallest absolute Gasteiger partial charge is 0.239 e. The fourth-order valence-corrected chi connectivity index (χ4v) is 2.75. The van der Waals surface area contributed by atoms with Gasteiger partial charge < -0.3 is 14.8 Å². The first kappa shape index (κ1) is 18.2. The Bertz CT molecular complexity index is 616. The van der Waals surface area contributed by atoms with Crippen LogP contribution in [0.3, 0.4) is 0 Å². The van der Waals surface area contributed by atoms with Crippen LogP contribution in [-0.4, -0.2) is 52.2 Å². The Morgan fingerprint density at radius 2 is 1.86 bits per heavy atom. The number of carbonyl (C=O) groups excluding carboxylic acids is 1. The van der Waals surface area contributed by atoms with Crippen molar-refractivity contribution < 1.29 is 22.7 Å². The topological polar surface area (TPSA) is 84.9 Å². The molecule has 0 heterocycles. The molecule has 7 nitrogen and oxygen atoms in total. The van der Waals surface area contributed by atoms with Gasteiger partial charge in [0.1, 0.15) is 0 Å². The van der Waals surface area contributed by atoms with E-state index >= 15 is 0 Å². The second-order valence-corrected chi connectivity index (χ2v) is 6.70. The van der Waals surface area contributed by atoms with E-state index in [0.29, 0.717) is 30.2 Å². The molecular weight excluding hydrogens is 308 g/mol. The van der Waals surface area contributed by atoms with Gasteiger partial charge in [0, 0.05) is 18.3 Å². The van der Waals surface area contributed by atoms with Gasteiger partial charge in [-0.25, -0.2) is 8.42 Å². The van der Waals surface area contributed by atoms with Crippen molar-refractivity contribution in [3.8, 4) is 11.5 Å². The van der Waals surface area contributed by atoms with E-state index in [1.807, 2.05) is 6.92 Å². The second-order valence-electron chi connectivity index (χ2n) is 4.71. The van der Waals surface area contributed by atoms with Crippen LogP contribution in [0.15, 0.2) is 18.2 Å². The first-order valence-electron chi connectivity index (χ1n) is 6.78. The number of anilines is 1. The Kier molecular flexibility index (Phi) is 6.63. The summed E-state index contributed by atoms with van der Waals surface area (Å²) in [5.74, 6) is 0.615. The summed E-state index contributed by atoms with van der Waals surface area (Å²) in [7, 11) is -0.395. The fraction of sp³-hybridized carbons (Fsp3) is 0.500. The molecule has 0 spiro atoms. The summed E-state index contributed by atoms with van der Waals surface area (Å²) in [5.41, 5.74) is 0.507. The number of hydrogen-bond acceptors (Lipinski definition) is 5. The van der Waals surface area contributed by atoms with Crippen LogP contribution in [0.25, 0.3) is 0 Å². The van der Waals surface area contributed by atoms with Crippen LogP contribution in [-0.2, 0) is 14.8 Å². The molecule has 0 bridgehead atoms. The van der Waals surface area contributed by atoms with Gasteiger partial charge in [-0.3, -0.25) is 4.79 Å². The van der Waals surface area contributed by atoms with Crippen molar-refractivity contribution in [2.45, 2.75) is 13.3 Å². The van der Waals surface area contributed by atoms with Crippen molar-refractivity contribution in [1.29, 1.82) is 0 Å². The quantitative estimate of drug-likeness (QED) is 0.777. The molecule has 0 saturated heterocycles. The van der Waals surface area contributed by atoms with E-state index in [1.165, 1.54) is 14.2 Å². The van der Waals surface area contributed by atoms with E-state index in [2.05, 4.69) is 5.32 Å². The lowest BCUT2D eigenvalue weighted by molar-refractivity contribution is -0.116. The zero-order valence-electron chi connectivity index (χ0n) is 13.3. The summed E-state index contributed by atoms with van der Waals surface area (Å²) in [5, 5.41) is 2.65. The molecule has 1 aromatic rings. The van der Waals surface area contributed by atoms with Crippen LogP contribution >= 0.6 is 0 Å². The molecule has 8 heteroatoms. The Labute approximate surface area is 131 Å². The molecule has 0 saturated carbocycles. The van der Waals surface area contributed by atoms with E-state index in [0.717, 1.165) is 10.6 Å². The molecule has 22 heavy (non-hydrogen) atoms. The fourth-order valence-electron chi connectivity index (χ4n) is 1.89. The molecule has 0 atom stereocenters. The van der Waals surface area contributed by atoms with Crippen LogP contribution < -0.4 is 14.8 Å². The largest absolute Gasteiger partial charge is 0.493 e. The summed E-state index contributed by atoms with van der Waals surface area (Å²) >= 11 is 0. The van der Waals surface area contributed by atoms with Crippen molar-refractivity contribution >= 4 is 21.6 Å². The van der Waals surface area contributed by atoms with Crippen molar-refractivity contribution in [1.82, 2.24) is 4.31 Å². The van der Waals surface area contributed by atoms with E-state index in [1.54, 1.807) is 18.2 Å². The van der Waals surface area contributed by atoms with Crippen molar-refractivity contribution in [2.75, 3.05) is 38.9 Å². The third kappa shape index (κ3) is 5.19.